The van der Waals surface area contributed by atoms with Crippen molar-refractivity contribution in [1.29, 1.82) is 0 Å². The molecule has 0 spiro atoms. The van der Waals surface area contributed by atoms with E-state index in [0.29, 0.717) is 43.3 Å². The first-order chi connectivity index (χ1) is 14.0. The Morgan fingerprint density at radius 1 is 1.07 bits per heavy atom. The van der Waals surface area contributed by atoms with Crippen LogP contribution in [0.25, 0.3) is 0 Å². The molecule has 1 heterocycles. The zero-order valence-electron chi connectivity index (χ0n) is 16.8. The molecule has 2 aromatic rings. The number of rotatable bonds is 7. The fourth-order valence-electron chi connectivity index (χ4n) is 2.99. The Labute approximate surface area is 171 Å². The van der Waals surface area contributed by atoms with Crippen LogP contribution in [0, 0.1) is 0 Å². The number of hydrogen-bond acceptors (Lipinski definition) is 5. The average molecular weight is 397 g/mol. The second-order valence-corrected chi connectivity index (χ2v) is 7.08. The van der Waals surface area contributed by atoms with Gasteiger partial charge in [0.2, 0.25) is 5.91 Å². The molecule has 1 saturated heterocycles. The van der Waals surface area contributed by atoms with Crippen molar-refractivity contribution in [3.8, 4) is 5.75 Å². The number of hydrogen-bond donors (Lipinski definition) is 2. The van der Waals surface area contributed by atoms with Crippen LogP contribution in [0.15, 0.2) is 48.5 Å². The van der Waals surface area contributed by atoms with E-state index in [0.717, 1.165) is 5.69 Å². The molecule has 1 aliphatic rings. The van der Waals surface area contributed by atoms with Crippen molar-refractivity contribution >= 4 is 23.2 Å². The van der Waals surface area contributed by atoms with Crippen LogP contribution in [0.1, 0.15) is 24.2 Å². The lowest BCUT2D eigenvalue weighted by Crippen LogP contribution is -2.40. The third-order valence-electron chi connectivity index (χ3n) is 4.37. The fourth-order valence-corrected chi connectivity index (χ4v) is 2.99. The summed E-state index contributed by atoms with van der Waals surface area (Å²) < 4.78 is 10.9. The van der Waals surface area contributed by atoms with Gasteiger partial charge in [0, 0.05) is 36.1 Å². The summed E-state index contributed by atoms with van der Waals surface area (Å²) in [5.74, 6) is 0.549. The minimum absolute atomic E-state index is 0.00101. The first-order valence-corrected chi connectivity index (χ1v) is 9.79. The summed E-state index contributed by atoms with van der Waals surface area (Å²) >= 11 is 0. The number of carbonyl (C=O) groups excluding carboxylic acids is 2. The van der Waals surface area contributed by atoms with Crippen LogP contribution >= 0.6 is 0 Å². The maximum atomic E-state index is 12.5. The molecule has 0 aromatic heterocycles. The maximum absolute atomic E-state index is 12.5. The summed E-state index contributed by atoms with van der Waals surface area (Å²) in [5.41, 5.74) is 2.08. The minimum Gasteiger partial charge on any atom is -0.491 e. The first kappa shape index (κ1) is 20.7. The van der Waals surface area contributed by atoms with Crippen LogP contribution in [0.5, 0.6) is 5.75 Å². The molecule has 0 radical (unpaired) electrons. The van der Waals surface area contributed by atoms with E-state index in [1.165, 1.54) is 0 Å². The predicted octanol–water partition coefficient (Wildman–Crippen LogP) is 3.00. The van der Waals surface area contributed by atoms with Gasteiger partial charge in [-0.1, -0.05) is 6.07 Å². The number of nitrogens with zero attached hydrogens (tertiary/aromatic N) is 1. The topological polar surface area (TPSA) is 79.9 Å². The molecule has 0 aliphatic carbocycles. The van der Waals surface area contributed by atoms with Crippen molar-refractivity contribution < 1.29 is 19.1 Å². The summed E-state index contributed by atoms with van der Waals surface area (Å²) in [6, 6.07) is 14.4. The highest BCUT2D eigenvalue weighted by atomic mass is 16.5. The second kappa shape index (κ2) is 9.93. The smallest absolute Gasteiger partial charge is 0.254 e. The monoisotopic (exact) mass is 397 g/mol. The van der Waals surface area contributed by atoms with E-state index in [4.69, 9.17) is 9.47 Å². The van der Waals surface area contributed by atoms with Gasteiger partial charge in [-0.3, -0.25) is 9.59 Å². The van der Waals surface area contributed by atoms with Crippen molar-refractivity contribution in [3.05, 3.63) is 54.1 Å². The van der Waals surface area contributed by atoms with Crippen molar-refractivity contribution in [3.63, 3.8) is 0 Å². The average Bonchev–Trinajstić information content (AvgIpc) is 2.72. The van der Waals surface area contributed by atoms with Crippen LogP contribution in [0.3, 0.4) is 0 Å². The lowest BCUT2D eigenvalue weighted by Gasteiger charge is -2.26. The molecule has 1 fully saturated rings. The Morgan fingerprint density at radius 3 is 2.48 bits per heavy atom. The highest BCUT2D eigenvalue weighted by Gasteiger charge is 2.18. The quantitative estimate of drug-likeness (QED) is 0.751. The van der Waals surface area contributed by atoms with Gasteiger partial charge in [0.25, 0.3) is 5.91 Å². The summed E-state index contributed by atoms with van der Waals surface area (Å²) in [6.07, 6.45) is 0.0701. The van der Waals surface area contributed by atoms with Crippen LogP contribution in [0.4, 0.5) is 11.4 Å². The first-order valence-electron chi connectivity index (χ1n) is 9.79. The van der Waals surface area contributed by atoms with Gasteiger partial charge in [0.1, 0.15) is 5.75 Å². The highest BCUT2D eigenvalue weighted by Crippen LogP contribution is 2.18. The van der Waals surface area contributed by atoms with Gasteiger partial charge in [0.15, 0.2) is 0 Å². The molecule has 29 heavy (non-hydrogen) atoms. The minimum atomic E-state index is -0.167. The zero-order valence-corrected chi connectivity index (χ0v) is 16.8. The number of carbonyl (C=O) groups is 2. The van der Waals surface area contributed by atoms with E-state index in [2.05, 4.69) is 10.6 Å². The van der Waals surface area contributed by atoms with E-state index in [9.17, 15) is 9.59 Å². The van der Waals surface area contributed by atoms with Gasteiger partial charge in [-0.25, -0.2) is 0 Å². The van der Waals surface area contributed by atoms with Gasteiger partial charge in [-0.15, -0.1) is 0 Å². The van der Waals surface area contributed by atoms with E-state index < -0.39 is 0 Å². The van der Waals surface area contributed by atoms with Gasteiger partial charge in [-0.05, 0) is 50.2 Å². The number of nitrogens with one attached hydrogen (secondary N) is 2. The van der Waals surface area contributed by atoms with Crippen LogP contribution < -0.4 is 15.4 Å². The van der Waals surface area contributed by atoms with Crippen molar-refractivity contribution in [1.82, 2.24) is 4.90 Å². The molecule has 0 unspecified atom stereocenters. The molecule has 7 heteroatoms. The number of amides is 2. The van der Waals surface area contributed by atoms with Crippen LogP contribution in [0.2, 0.25) is 0 Å². The molecular formula is C22H27N3O4. The van der Waals surface area contributed by atoms with E-state index in [1.54, 1.807) is 35.2 Å². The number of anilines is 2. The van der Waals surface area contributed by atoms with Crippen molar-refractivity contribution in [2.75, 3.05) is 43.5 Å². The Bertz CT molecular complexity index is 830. The van der Waals surface area contributed by atoms with Gasteiger partial charge in [-0.2, -0.15) is 0 Å². The normalized spacial score (nSPS) is 13.8. The van der Waals surface area contributed by atoms with Crippen LogP contribution in [-0.4, -0.2) is 55.7 Å². The molecule has 3 rings (SSSR count). The molecular weight excluding hydrogens is 370 g/mol. The van der Waals surface area contributed by atoms with E-state index in [-0.39, 0.29) is 24.5 Å². The molecule has 7 nitrogen and oxygen atoms in total. The standard InChI is InChI=1S/C22H27N3O4/c1-16(2)29-20-5-3-4-19(14-20)24-21(26)15-23-18-8-6-17(7-9-18)22(27)25-10-12-28-13-11-25/h3-9,14,16,23H,10-13,15H2,1-2H3,(H,24,26). The van der Waals surface area contributed by atoms with Gasteiger partial charge >= 0.3 is 0 Å². The summed E-state index contributed by atoms with van der Waals surface area (Å²) in [7, 11) is 0. The SMILES string of the molecule is CC(C)Oc1cccc(NC(=O)CNc2ccc(C(=O)N3CCOCC3)cc2)c1. The molecule has 2 aromatic carbocycles. The van der Waals surface area contributed by atoms with Crippen molar-refractivity contribution in [2.45, 2.75) is 20.0 Å². The van der Waals surface area contributed by atoms with E-state index >= 15 is 0 Å². The highest BCUT2D eigenvalue weighted by molar-refractivity contribution is 5.95. The number of morpholine rings is 1. The third kappa shape index (κ3) is 6.22. The fraction of sp³-hybridized carbons (Fsp3) is 0.364. The number of benzene rings is 2. The summed E-state index contributed by atoms with van der Waals surface area (Å²) in [5, 5.41) is 5.91. The van der Waals surface area contributed by atoms with Gasteiger partial charge in [0.05, 0.1) is 25.9 Å². The van der Waals surface area contributed by atoms with Crippen molar-refractivity contribution in [2.24, 2.45) is 0 Å². The lowest BCUT2D eigenvalue weighted by molar-refractivity contribution is -0.114. The molecule has 1 aliphatic heterocycles. The largest absolute Gasteiger partial charge is 0.491 e. The Balaban J connectivity index is 1.49. The Morgan fingerprint density at radius 2 is 1.79 bits per heavy atom. The Hall–Kier alpha value is -3.06. The summed E-state index contributed by atoms with van der Waals surface area (Å²) in [6.45, 7) is 6.40. The maximum Gasteiger partial charge on any atom is 0.254 e. The summed E-state index contributed by atoms with van der Waals surface area (Å²) in [4.78, 5) is 26.5. The van der Waals surface area contributed by atoms with Crippen LogP contribution in [-0.2, 0) is 9.53 Å². The molecule has 0 saturated carbocycles. The molecule has 0 atom stereocenters. The predicted molar refractivity (Wildman–Crippen MR) is 112 cm³/mol. The molecule has 2 amide bonds. The number of ether oxygens (including phenoxy) is 2. The molecule has 154 valence electrons. The Kier molecular flexibility index (Phi) is 7.08. The zero-order chi connectivity index (χ0) is 20.6. The molecule has 0 bridgehead atoms. The van der Waals surface area contributed by atoms with Gasteiger partial charge < -0.3 is 25.0 Å². The lowest BCUT2D eigenvalue weighted by atomic mass is 10.1. The molecule has 2 N–H and O–H groups in total. The third-order valence-corrected chi connectivity index (χ3v) is 4.37. The second-order valence-electron chi connectivity index (χ2n) is 7.08. The van der Waals surface area contributed by atoms with E-state index in [1.807, 2.05) is 32.0 Å².